The first kappa shape index (κ1) is 13.7. The van der Waals surface area contributed by atoms with Crippen LogP contribution < -0.4 is 4.74 Å². The molecule has 2 aromatic rings. The van der Waals surface area contributed by atoms with E-state index in [1.807, 2.05) is 0 Å². The van der Waals surface area contributed by atoms with E-state index in [4.69, 9.17) is 4.74 Å². The van der Waals surface area contributed by atoms with Crippen molar-refractivity contribution in [1.29, 1.82) is 0 Å². The second-order valence-corrected chi connectivity index (χ2v) is 5.89. The van der Waals surface area contributed by atoms with Gasteiger partial charge in [0.15, 0.2) is 5.82 Å². The van der Waals surface area contributed by atoms with Crippen molar-refractivity contribution in [3.05, 3.63) is 28.6 Å². The molecule has 1 aliphatic rings. The van der Waals surface area contributed by atoms with Crippen molar-refractivity contribution in [3.8, 4) is 6.01 Å². The van der Waals surface area contributed by atoms with Crippen LogP contribution in [-0.4, -0.2) is 41.1 Å². The lowest BCUT2D eigenvalue weighted by atomic mass is 10.2. The summed E-state index contributed by atoms with van der Waals surface area (Å²) in [4.78, 5) is 10.6. The Kier molecular flexibility index (Phi) is 3.85. The van der Waals surface area contributed by atoms with Gasteiger partial charge < -0.3 is 9.64 Å². The van der Waals surface area contributed by atoms with Gasteiger partial charge in [0.2, 0.25) is 0 Å². The van der Waals surface area contributed by atoms with Gasteiger partial charge in [-0.05, 0) is 54.5 Å². The Morgan fingerprint density at radius 1 is 1.50 bits per heavy atom. The predicted octanol–water partition coefficient (Wildman–Crippen LogP) is 3.00. The fraction of sp³-hybridized carbons (Fsp3) is 0.429. The molecule has 1 aromatic carbocycles. The van der Waals surface area contributed by atoms with E-state index in [-0.39, 0.29) is 17.3 Å². The van der Waals surface area contributed by atoms with Crippen LogP contribution >= 0.6 is 15.9 Å². The molecular weight excluding hydrogens is 325 g/mol. The molecule has 20 heavy (non-hydrogen) atoms. The quantitative estimate of drug-likeness (QED) is 0.861. The van der Waals surface area contributed by atoms with E-state index < -0.39 is 0 Å². The summed E-state index contributed by atoms with van der Waals surface area (Å²) >= 11 is 3.16. The topological polar surface area (TPSA) is 38.2 Å². The molecule has 0 N–H and O–H groups in total. The molecule has 2 heterocycles. The van der Waals surface area contributed by atoms with E-state index in [0.29, 0.717) is 22.5 Å². The maximum Gasteiger partial charge on any atom is 0.317 e. The lowest BCUT2D eigenvalue weighted by Crippen LogP contribution is -2.30. The average molecular weight is 340 g/mol. The average Bonchev–Trinajstić information content (AvgIpc) is 2.86. The molecule has 0 saturated carbocycles. The highest BCUT2D eigenvalue weighted by Gasteiger charge is 2.21. The molecule has 1 aromatic heterocycles. The van der Waals surface area contributed by atoms with Crippen LogP contribution in [0.25, 0.3) is 10.9 Å². The van der Waals surface area contributed by atoms with E-state index >= 15 is 0 Å². The first-order valence-electron chi connectivity index (χ1n) is 6.59. The van der Waals surface area contributed by atoms with Crippen molar-refractivity contribution >= 4 is 26.8 Å². The molecule has 0 bridgehead atoms. The third-order valence-electron chi connectivity index (χ3n) is 3.70. The zero-order valence-electron chi connectivity index (χ0n) is 11.1. The summed E-state index contributed by atoms with van der Waals surface area (Å²) in [6.07, 6.45) is 3.89. The summed E-state index contributed by atoms with van der Waals surface area (Å²) < 4.78 is 20.0. The van der Waals surface area contributed by atoms with Crippen molar-refractivity contribution in [3.63, 3.8) is 0 Å². The Balaban J connectivity index is 1.80. The third kappa shape index (κ3) is 2.62. The van der Waals surface area contributed by atoms with Crippen LogP contribution in [0, 0.1) is 5.82 Å². The van der Waals surface area contributed by atoms with Gasteiger partial charge in [-0.1, -0.05) is 0 Å². The summed E-state index contributed by atoms with van der Waals surface area (Å²) in [6, 6.07) is 4.04. The molecule has 6 heteroatoms. The molecule has 1 aliphatic heterocycles. The van der Waals surface area contributed by atoms with Crippen LogP contribution in [-0.2, 0) is 0 Å². The molecule has 0 unspecified atom stereocenters. The number of likely N-dealkylation sites (tertiary alicyclic amines) is 1. The predicted molar refractivity (Wildman–Crippen MR) is 78.3 cm³/mol. The van der Waals surface area contributed by atoms with Gasteiger partial charge in [-0.25, -0.2) is 9.37 Å². The van der Waals surface area contributed by atoms with Gasteiger partial charge in [-0.15, -0.1) is 0 Å². The number of nitrogens with zero attached hydrogens (tertiary/aromatic N) is 3. The lowest BCUT2D eigenvalue weighted by molar-refractivity contribution is 0.188. The highest BCUT2D eigenvalue weighted by molar-refractivity contribution is 9.10. The van der Waals surface area contributed by atoms with Gasteiger partial charge in [0.05, 0.1) is 4.47 Å². The van der Waals surface area contributed by atoms with Crippen LogP contribution in [0.1, 0.15) is 12.8 Å². The number of halogens is 2. The number of benzene rings is 1. The van der Waals surface area contributed by atoms with Crippen molar-refractivity contribution in [2.24, 2.45) is 0 Å². The van der Waals surface area contributed by atoms with E-state index in [1.165, 1.54) is 6.42 Å². The van der Waals surface area contributed by atoms with Crippen LogP contribution in [0.5, 0.6) is 6.01 Å². The van der Waals surface area contributed by atoms with Gasteiger partial charge in [0.1, 0.15) is 12.1 Å². The molecular formula is C14H15BrFN3O. The monoisotopic (exact) mass is 339 g/mol. The van der Waals surface area contributed by atoms with Crippen LogP contribution in [0.3, 0.4) is 0 Å². The zero-order chi connectivity index (χ0) is 14.1. The first-order valence-corrected chi connectivity index (χ1v) is 7.38. The highest BCUT2D eigenvalue weighted by atomic mass is 79.9. The Morgan fingerprint density at radius 3 is 3.10 bits per heavy atom. The molecule has 0 radical (unpaired) electrons. The smallest absolute Gasteiger partial charge is 0.317 e. The van der Waals surface area contributed by atoms with E-state index in [0.717, 1.165) is 13.0 Å². The summed E-state index contributed by atoms with van der Waals surface area (Å²) in [5.41, 5.74) is 0.282. The largest absolute Gasteiger partial charge is 0.462 e. The lowest BCUT2D eigenvalue weighted by Gasteiger charge is -2.18. The molecule has 1 saturated heterocycles. The maximum absolute atomic E-state index is 14.0. The van der Waals surface area contributed by atoms with Crippen molar-refractivity contribution in [2.45, 2.75) is 18.9 Å². The summed E-state index contributed by atoms with van der Waals surface area (Å²) in [5.74, 6) is -0.382. The molecule has 0 spiro atoms. The molecule has 4 nitrogen and oxygen atoms in total. The maximum atomic E-state index is 14.0. The summed E-state index contributed by atoms with van der Waals surface area (Å²) in [6.45, 7) is 1.63. The zero-order valence-corrected chi connectivity index (χ0v) is 12.7. The molecule has 0 aliphatic carbocycles. The standard InChI is InChI=1S/C14H15BrFN3O/c1-19-6-2-3-10(19)8-20-14-17-7-9-4-5-11(15)12(16)13(9)18-14/h4-5,7,10H,2-3,6,8H2,1H3/t10-/m0/s1. The van der Waals surface area contributed by atoms with Gasteiger partial charge in [-0.3, -0.25) is 0 Å². The van der Waals surface area contributed by atoms with Gasteiger partial charge in [0.25, 0.3) is 0 Å². The number of fused-ring (bicyclic) bond motifs is 1. The molecule has 1 atom stereocenters. The van der Waals surface area contributed by atoms with Crippen molar-refractivity contribution in [2.75, 3.05) is 20.2 Å². The van der Waals surface area contributed by atoms with Crippen LogP contribution in [0.2, 0.25) is 0 Å². The minimum Gasteiger partial charge on any atom is -0.462 e. The second-order valence-electron chi connectivity index (χ2n) is 5.04. The molecule has 106 valence electrons. The van der Waals surface area contributed by atoms with E-state index in [9.17, 15) is 4.39 Å². The number of likely N-dealkylation sites (N-methyl/N-ethyl adjacent to an activating group) is 1. The van der Waals surface area contributed by atoms with E-state index in [2.05, 4.69) is 37.8 Å². The summed E-state index contributed by atoms with van der Waals surface area (Å²) in [7, 11) is 2.08. The molecule has 3 rings (SSSR count). The van der Waals surface area contributed by atoms with Crippen molar-refractivity contribution < 1.29 is 9.13 Å². The first-order chi connectivity index (χ1) is 9.65. The Labute approximate surface area is 125 Å². The Morgan fingerprint density at radius 2 is 2.35 bits per heavy atom. The normalized spacial score (nSPS) is 19.6. The molecule has 0 amide bonds. The molecule has 1 fully saturated rings. The number of ether oxygens (including phenoxy) is 1. The van der Waals surface area contributed by atoms with E-state index in [1.54, 1.807) is 18.3 Å². The van der Waals surface area contributed by atoms with Gasteiger partial charge in [-0.2, -0.15) is 4.98 Å². The van der Waals surface area contributed by atoms with Crippen LogP contribution in [0.4, 0.5) is 4.39 Å². The summed E-state index contributed by atoms with van der Waals surface area (Å²) in [5, 5.41) is 0.663. The number of aromatic nitrogens is 2. The van der Waals surface area contributed by atoms with Gasteiger partial charge >= 0.3 is 6.01 Å². The Bertz CT molecular complexity index is 637. The number of hydrogen-bond acceptors (Lipinski definition) is 4. The minimum atomic E-state index is -0.382. The fourth-order valence-electron chi connectivity index (χ4n) is 2.45. The third-order valence-corrected chi connectivity index (χ3v) is 4.31. The highest BCUT2D eigenvalue weighted by Crippen LogP contribution is 2.24. The second kappa shape index (κ2) is 5.61. The fourth-order valence-corrected chi connectivity index (χ4v) is 2.77. The SMILES string of the molecule is CN1CCC[C@H]1COc1ncc2ccc(Br)c(F)c2n1. The number of hydrogen-bond donors (Lipinski definition) is 0. The number of rotatable bonds is 3. The van der Waals surface area contributed by atoms with Gasteiger partial charge in [0, 0.05) is 17.6 Å². The minimum absolute atomic E-state index is 0.231. The van der Waals surface area contributed by atoms with Crippen LogP contribution in [0.15, 0.2) is 22.8 Å². The Hall–Kier alpha value is -1.27. The van der Waals surface area contributed by atoms with Crippen molar-refractivity contribution in [1.82, 2.24) is 14.9 Å².